The van der Waals surface area contributed by atoms with E-state index >= 15 is 0 Å². The molecule has 0 bridgehead atoms. The third-order valence-corrected chi connectivity index (χ3v) is 7.92. The lowest BCUT2D eigenvalue weighted by Crippen LogP contribution is -2.40. The fraction of sp³-hybridized carbons (Fsp3) is 0.321. The summed E-state index contributed by atoms with van der Waals surface area (Å²) >= 11 is 1.47. The highest BCUT2D eigenvalue weighted by Crippen LogP contribution is 2.34. The van der Waals surface area contributed by atoms with Gasteiger partial charge < -0.3 is 10.1 Å². The van der Waals surface area contributed by atoms with Gasteiger partial charge in [0.15, 0.2) is 0 Å². The molecule has 2 heterocycles. The van der Waals surface area contributed by atoms with E-state index in [0.717, 1.165) is 47.3 Å². The quantitative estimate of drug-likeness (QED) is 0.412. The van der Waals surface area contributed by atoms with E-state index in [2.05, 4.69) is 5.32 Å². The van der Waals surface area contributed by atoms with Gasteiger partial charge >= 0.3 is 5.69 Å². The molecule has 2 aromatic heterocycles. The summed E-state index contributed by atoms with van der Waals surface area (Å²) < 4.78 is 8.16. The Hall–Kier alpha value is -3.65. The molecule has 0 saturated heterocycles. The second-order valence-electron chi connectivity index (χ2n) is 9.19. The second-order valence-corrected chi connectivity index (χ2v) is 10.3. The van der Waals surface area contributed by atoms with Crippen LogP contribution in [0.25, 0.3) is 15.9 Å². The molecular weight excluding hydrogens is 474 g/mol. The van der Waals surface area contributed by atoms with Crippen molar-refractivity contribution in [1.82, 2.24) is 9.13 Å². The van der Waals surface area contributed by atoms with Crippen LogP contribution in [-0.4, -0.2) is 21.6 Å². The van der Waals surface area contributed by atoms with Crippen molar-refractivity contribution >= 4 is 33.1 Å². The maximum atomic E-state index is 13.7. The zero-order valence-electron chi connectivity index (χ0n) is 20.7. The lowest BCUT2D eigenvalue weighted by molar-refractivity contribution is -0.116. The molecule has 0 radical (unpaired) electrons. The normalized spacial score (nSPS) is 13.0. The van der Waals surface area contributed by atoms with Gasteiger partial charge in [-0.3, -0.25) is 14.2 Å². The fourth-order valence-corrected chi connectivity index (χ4v) is 6.25. The number of amides is 1. The van der Waals surface area contributed by atoms with Crippen molar-refractivity contribution in [2.24, 2.45) is 0 Å². The topological polar surface area (TPSA) is 82.3 Å². The van der Waals surface area contributed by atoms with Crippen molar-refractivity contribution in [2.45, 2.75) is 53.0 Å². The first kappa shape index (κ1) is 24.1. The van der Waals surface area contributed by atoms with Gasteiger partial charge in [-0.2, -0.15) is 0 Å². The van der Waals surface area contributed by atoms with Crippen molar-refractivity contribution in [3.8, 4) is 11.4 Å². The van der Waals surface area contributed by atoms with E-state index in [1.165, 1.54) is 20.5 Å². The maximum absolute atomic E-state index is 13.7. The van der Waals surface area contributed by atoms with Crippen molar-refractivity contribution < 1.29 is 9.53 Å². The Labute approximate surface area is 213 Å². The lowest BCUT2D eigenvalue weighted by Gasteiger charge is -2.14. The number of nitrogens with one attached hydrogen (secondary N) is 1. The fourth-order valence-electron chi connectivity index (χ4n) is 4.88. The van der Waals surface area contributed by atoms with Crippen LogP contribution in [0.4, 0.5) is 5.69 Å². The predicted molar refractivity (Wildman–Crippen MR) is 144 cm³/mol. The second kappa shape index (κ2) is 9.78. The number of anilines is 1. The van der Waals surface area contributed by atoms with Crippen molar-refractivity contribution in [2.75, 3.05) is 11.9 Å². The lowest BCUT2D eigenvalue weighted by atomic mass is 9.97. The Bertz CT molecular complexity index is 1580. The summed E-state index contributed by atoms with van der Waals surface area (Å²) in [7, 11) is 0. The Balaban J connectivity index is 1.63. The van der Waals surface area contributed by atoms with Crippen LogP contribution in [0.2, 0.25) is 0 Å². The number of carbonyl (C=O) groups is 1. The predicted octanol–water partition coefficient (Wildman–Crippen LogP) is 4.75. The molecule has 36 heavy (non-hydrogen) atoms. The molecule has 186 valence electrons. The van der Waals surface area contributed by atoms with Gasteiger partial charge in [-0.15, -0.1) is 11.3 Å². The van der Waals surface area contributed by atoms with Gasteiger partial charge in [0.05, 0.1) is 17.7 Å². The summed E-state index contributed by atoms with van der Waals surface area (Å²) in [5.41, 5.74) is 3.39. The largest absolute Gasteiger partial charge is 0.494 e. The van der Waals surface area contributed by atoms with Crippen LogP contribution >= 0.6 is 11.3 Å². The minimum atomic E-state index is -0.522. The van der Waals surface area contributed by atoms with Crippen molar-refractivity contribution in [3.05, 3.63) is 84.9 Å². The van der Waals surface area contributed by atoms with Crippen LogP contribution in [0.15, 0.2) is 52.1 Å². The molecule has 0 aliphatic heterocycles. The standard InChI is InChI=1S/C28H29N3O4S/c1-4-35-20-12-10-19(11-13-20)31-26(33)25-21-7-5-6-8-23(21)36-27(25)30(28(31)34)16-24(32)29-22-14-9-17(2)15-18(22)3/h9-15H,4-8,16H2,1-3H3,(H,29,32). The first-order valence-corrected chi connectivity index (χ1v) is 13.1. The molecule has 1 amide bonds. The highest BCUT2D eigenvalue weighted by molar-refractivity contribution is 7.18. The van der Waals surface area contributed by atoms with Crippen LogP contribution < -0.4 is 21.3 Å². The molecule has 5 rings (SSSR count). The van der Waals surface area contributed by atoms with Crippen LogP contribution in [0.5, 0.6) is 5.75 Å². The SMILES string of the molecule is CCOc1ccc(-n2c(=O)c3c4c(sc3n(CC(=O)Nc3ccc(C)cc3C)c2=O)CCCC4)cc1. The molecule has 0 unspecified atom stereocenters. The number of aryl methyl sites for hydroxylation is 4. The number of benzene rings is 2. The molecule has 2 aromatic carbocycles. The van der Waals surface area contributed by atoms with E-state index in [1.807, 2.05) is 39.0 Å². The maximum Gasteiger partial charge on any atom is 0.337 e. The Morgan fingerprint density at radius 2 is 1.81 bits per heavy atom. The first-order valence-electron chi connectivity index (χ1n) is 12.3. The number of aromatic nitrogens is 2. The van der Waals surface area contributed by atoms with Gasteiger partial charge in [-0.1, -0.05) is 17.7 Å². The summed E-state index contributed by atoms with van der Waals surface area (Å²) in [4.78, 5) is 42.3. The van der Waals surface area contributed by atoms with E-state index in [1.54, 1.807) is 24.3 Å². The molecular formula is C28H29N3O4S. The smallest absolute Gasteiger partial charge is 0.337 e. The molecule has 8 heteroatoms. The number of hydrogen-bond donors (Lipinski definition) is 1. The summed E-state index contributed by atoms with van der Waals surface area (Å²) in [5.74, 6) is 0.352. The van der Waals surface area contributed by atoms with E-state index in [9.17, 15) is 14.4 Å². The Kier molecular flexibility index (Phi) is 6.53. The zero-order valence-corrected chi connectivity index (χ0v) is 21.5. The van der Waals surface area contributed by atoms with Crippen molar-refractivity contribution in [3.63, 3.8) is 0 Å². The van der Waals surface area contributed by atoms with E-state index in [-0.39, 0.29) is 18.0 Å². The molecule has 1 aliphatic carbocycles. The minimum Gasteiger partial charge on any atom is -0.494 e. The van der Waals surface area contributed by atoms with E-state index in [0.29, 0.717) is 33.9 Å². The Morgan fingerprint density at radius 1 is 1.06 bits per heavy atom. The number of rotatable bonds is 6. The highest BCUT2D eigenvalue weighted by Gasteiger charge is 2.25. The summed E-state index contributed by atoms with van der Waals surface area (Å²) in [6, 6.07) is 12.7. The number of ether oxygens (including phenoxy) is 1. The van der Waals surface area contributed by atoms with Crippen LogP contribution in [-0.2, 0) is 24.2 Å². The number of thiophene rings is 1. The molecule has 7 nitrogen and oxygen atoms in total. The zero-order chi connectivity index (χ0) is 25.4. The number of hydrogen-bond acceptors (Lipinski definition) is 5. The highest BCUT2D eigenvalue weighted by atomic mass is 32.1. The molecule has 0 fully saturated rings. The van der Waals surface area contributed by atoms with Gasteiger partial charge in [0.25, 0.3) is 5.56 Å². The van der Waals surface area contributed by atoms with Crippen LogP contribution in [0.1, 0.15) is 41.3 Å². The molecule has 0 spiro atoms. The average Bonchev–Trinajstić information content (AvgIpc) is 3.25. The minimum absolute atomic E-state index is 0.181. The third-order valence-electron chi connectivity index (χ3n) is 6.60. The third kappa shape index (κ3) is 4.37. The summed E-state index contributed by atoms with van der Waals surface area (Å²) in [6.45, 7) is 6.17. The number of carbonyl (C=O) groups excluding carboxylic acids is 1. The first-order chi connectivity index (χ1) is 17.4. The molecule has 0 saturated carbocycles. The van der Waals surface area contributed by atoms with Gasteiger partial charge in [0, 0.05) is 10.6 Å². The monoisotopic (exact) mass is 503 g/mol. The van der Waals surface area contributed by atoms with Gasteiger partial charge in [0.1, 0.15) is 17.1 Å². The molecule has 0 atom stereocenters. The average molecular weight is 504 g/mol. The summed E-state index contributed by atoms with van der Waals surface area (Å²) in [5, 5.41) is 3.49. The van der Waals surface area contributed by atoms with E-state index in [4.69, 9.17) is 4.74 Å². The van der Waals surface area contributed by atoms with Crippen LogP contribution in [0.3, 0.4) is 0 Å². The van der Waals surface area contributed by atoms with E-state index < -0.39 is 5.69 Å². The Morgan fingerprint density at radius 3 is 2.53 bits per heavy atom. The molecule has 4 aromatic rings. The van der Waals surface area contributed by atoms with Crippen molar-refractivity contribution in [1.29, 1.82) is 0 Å². The van der Waals surface area contributed by atoms with Crippen LogP contribution in [0, 0.1) is 13.8 Å². The number of nitrogens with zero attached hydrogens (tertiary/aromatic N) is 2. The van der Waals surface area contributed by atoms with Gasteiger partial charge in [-0.05, 0) is 87.9 Å². The molecule has 1 N–H and O–H groups in total. The van der Waals surface area contributed by atoms with Gasteiger partial charge in [-0.25, -0.2) is 9.36 Å². The number of fused-ring (bicyclic) bond motifs is 3. The summed E-state index contributed by atoms with van der Waals surface area (Å²) in [6.07, 6.45) is 3.76. The molecule has 1 aliphatic rings. The van der Waals surface area contributed by atoms with Gasteiger partial charge in [0.2, 0.25) is 5.91 Å².